The molecule has 1 radical (unpaired) electrons. The maximum atomic E-state index is 4.90. The normalized spacial score (nSPS) is 9.95. The number of hydrogen-bond acceptors (Lipinski definition) is 0. The molecule has 0 unspecified atom stereocenters. The van der Waals surface area contributed by atoms with Gasteiger partial charge in [-0.3, -0.25) is 0 Å². The van der Waals surface area contributed by atoms with Crippen molar-refractivity contribution < 1.29 is 15.4 Å². The Kier molecular flexibility index (Phi) is 14.8. The van der Waals surface area contributed by atoms with Crippen LogP contribution in [0.1, 0.15) is 11.1 Å². The predicted molar refractivity (Wildman–Crippen MR) is 186 cm³/mol. The number of halogens is 2. The molecule has 42 heavy (non-hydrogen) atoms. The first kappa shape index (κ1) is 33.5. The molecule has 0 fully saturated rings. The van der Waals surface area contributed by atoms with Gasteiger partial charge in [0.2, 0.25) is 0 Å². The van der Waals surface area contributed by atoms with Crippen LogP contribution in [0.4, 0.5) is 0 Å². The molecule has 0 aromatic heterocycles. The molecular weight excluding hydrogens is 746 g/mol. The summed E-state index contributed by atoms with van der Waals surface area (Å²) in [6, 6.07) is 51.2. The van der Waals surface area contributed by atoms with Crippen molar-refractivity contribution in [1.82, 2.24) is 0 Å². The molecule has 0 saturated carbocycles. The van der Waals surface area contributed by atoms with Crippen molar-refractivity contribution in [1.29, 1.82) is 0 Å². The Morgan fingerprint density at radius 2 is 0.714 bits per heavy atom. The Balaban J connectivity index is 0.000000195. The van der Waals surface area contributed by atoms with E-state index < -0.39 is 15.4 Å². The van der Waals surface area contributed by atoms with E-state index in [0.29, 0.717) is 0 Å². The molecule has 6 aromatic carbocycles. The summed E-state index contributed by atoms with van der Waals surface area (Å²) in [5.74, 6) is 0. The second-order valence-corrected chi connectivity index (χ2v) is 14.5. The second-order valence-electron chi connectivity index (χ2n) is 9.70. The van der Waals surface area contributed by atoms with Gasteiger partial charge in [-0.05, 0) is 0 Å². The van der Waals surface area contributed by atoms with Gasteiger partial charge in [-0.2, -0.15) is 57.6 Å². The van der Waals surface area contributed by atoms with Gasteiger partial charge in [0.15, 0.2) is 0 Å². The van der Waals surface area contributed by atoms with Gasteiger partial charge in [0.1, 0.15) is 0 Å². The molecule has 0 amide bonds. The van der Waals surface area contributed by atoms with Crippen LogP contribution in [0, 0.1) is 13.8 Å². The van der Waals surface area contributed by atoms with Crippen LogP contribution in [0.2, 0.25) is 13.1 Å². The van der Waals surface area contributed by atoms with Crippen LogP contribution in [-0.4, -0.2) is 9.52 Å². The molecule has 0 aliphatic heterocycles. The standard InChI is InChI=1S/2C18H15.C2H7Si.2ClH.Os/c2*1-14-12-13-17(15-8-4-2-5-9-15)18(14)16-10-6-3-7-11-16;1-3-2;;;/h2*2-13H,1H3;3H,1-2H3;2*1H;/q2*-1;;;;+2/p-2. The summed E-state index contributed by atoms with van der Waals surface area (Å²) in [4.78, 5) is 0. The monoisotopic (exact) mass is 783 g/mol. The molecule has 6 rings (SSSR count). The van der Waals surface area contributed by atoms with Crippen molar-refractivity contribution in [2.45, 2.75) is 26.9 Å². The summed E-state index contributed by atoms with van der Waals surface area (Å²) < 4.78 is 0. The van der Waals surface area contributed by atoms with Gasteiger partial charge in [-0.25, -0.2) is 0 Å². The first-order chi connectivity index (χ1) is 20.5. The van der Waals surface area contributed by atoms with Crippen molar-refractivity contribution in [3.63, 3.8) is 0 Å². The van der Waals surface area contributed by atoms with Crippen molar-refractivity contribution in [2.75, 3.05) is 0 Å². The van der Waals surface area contributed by atoms with E-state index in [4.69, 9.17) is 19.3 Å². The molecular formula is C38H37Cl2OsSi-2. The van der Waals surface area contributed by atoms with E-state index in [1.165, 1.54) is 55.6 Å². The van der Waals surface area contributed by atoms with Crippen LogP contribution >= 0.6 is 19.3 Å². The third-order valence-electron chi connectivity index (χ3n) is 6.62. The fourth-order valence-corrected chi connectivity index (χ4v) is 4.87. The fraction of sp³-hybridized carbons (Fsp3) is 0.105. The molecule has 0 spiro atoms. The summed E-state index contributed by atoms with van der Waals surface area (Å²) in [5.41, 5.74) is 13.1. The van der Waals surface area contributed by atoms with Crippen LogP contribution in [-0.2, 0) is 15.4 Å². The van der Waals surface area contributed by atoms with Gasteiger partial charge < -0.3 is 0 Å². The van der Waals surface area contributed by atoms with E-state index in [1.54, 1.807) is 0 Å². The van der Waals surface area contributed by atoms with E-state index >= 15 is 0 Å². The first-order valence-corrected chi connectivity index (χ1v) is 22.5. The van der Waals surface area contributed by atoms with Crippen LogP contribution in [0.25, 0.3) is 44.5 Å². The maximum absolute atomic E-state index is 4.90. The van der Waals surface area contributed by atoms with Gasteiger partial charge in [-0.15, -0.1) is 0 Å². The molecule has 0 nitrogen and oxygen atoms in total. The Bertz CT molecular complexity index is 1440. The number of hydrogen-bond donors (Lipinski definition) is 0. The molecule has 6 aromatic rings. The Hall–Kier alpha value is -2.99. The zero-order valence-electron chi connectivity index (χ0n) is 24.5. The van der Waals surface area contributed by atoms with Crippen molar-refractivity contribution in [3.05, 3.63) is 157 Å². The van der Waals surface area contributed by atoms with Crippen LogP contribution in [0.15, 0.2) is 146 Å². The molecule has 0 atom stereocenters. The van der Waals surface area contributed by atoms with Gasteiger partial charge in [0.05, 0.1) is 0 Å². The van der Waals surface area contributed by atoms with Gasteiger partial charge >= 0.3 is 34.7 Å². The van der Waals surface area contributed by atoms with E-state index in [9.17, 15) is 0 Å². The molecule has 217 valence electrons. The summed E-state index contributed by atoms with van der Waals surface area (Å²) in [6.45, 7) is 8.77. The third kappa shape index (κ3) is 9.52. The van der Waals surface area contributed by atoms with E-state index in [2.05, 4.69) is 173 Å². The summed E-state index contributed by atoms with van der Waals surface area (Å²) in [5, 5.41) is 0. The summed E-state index contributed by atoms with van der Waals surface area (Å²) in [7, 11) is 10.6. The topological polar surface area (TPSA) is 0 Å². The quantitative estimate of drug-likeness (QED) is 0.123. The zero-order chi connectivity index (χ0) is 30.2. The number of rotatable bonds is 4. The molecule has 0 heterocycles. The summed E-state index contributed by atoms with van der Waals surface area (Å²) in [6.07, 6.45) is 0. The Morgan fingerprint density at radius 1 is 0.476 bits per heavy atom. The van der Waals surface area contributed by atoms with E-state index in [-0.39, 0.29) is 0 Å². The molecule has 0 bridgehead atoms. The number of benzene rings is 4. The second kappa shape index (κ2) is 18.5. The SMILES string of the molecule is C[SiH]C.Cc1[cH-]cc(-c2ccccc2)c1-c1ccccc1.Cc1[cH-]cc(-c2ccccc2)c1-c1ccccc1.[Cl][Os][Cl]. The minimum absolute atomic E-state index is 0.639. The number of aryl methyl sites for hydroxylation is 2. The first-order valence-electron chi connectivity index (χ1n) is 13.9. The molecule has 0 N–H and O–H groups in total. The average Bonchev–Trinajstić information content (AvgIpc) is 3.62. The van der Waals surface area contributed by atoms with E-state index in [1.807, 2.05) is 0 Å². The van der Waals surface area contributed by atoms with Crippen molar-refractivity contribution in [2.24, 2.45) is 0 Å². The Labute approximate surface area is 270 Å². The Morgan fingerprint density at radius 3 is 0.976 bits per heavy atom. The summed E-state index contributed by atoms with van der Waals surface area (Å²) >= 11 is -0.639. The van der Waals surface area contributed by atoms with Crippen LogP contribution < -0.4 is 0 Å². The molecule has 0 aliphatic rings. The van der Waals surface area contributed by atoms with Gasteiger partial charge in [-0.1, -0.05) is 171 Å². The molecule has 4 heteroatoms. The minimum atomic E-state index is -0.639. The van der Waals surface area contributed by atoms with Gasteiger partial charge in [0, 0.05) is 9.52 Å². The molecule has 0 saturated heterocycles. The van der Waals surface area contributed by atoms with Crippen molar-refractivity contribution >= 4 is 28.8 Å². The average molecular weight is 783 g/mol. The van der Waals surface area contributed by atoms with E-state index in [0.717, 1.165) is 9.52 Å². The fourth-order valence-electron chi connectivity index (χ4n) is 4.87. The van der Waals surface area contributed by atoms with Crippen molar-refractivity contribution in [3.8, 4) is 44.5 Å². The molecule has 0 aliphatic carbocycles. The predicted octanol–water partition coefficient (Wildman–Crippen LogP) is 12.0. The van der Waals surface area contributed by atoms with Gasteiger partial charge in [0.25, 0.3) is 0 Å². The van der Waals surface area contributed by atoms with Crippen LogP contribution in [0.3, 0.4) is 0 Å². The third-order valence-corrected chi connectivity index (χ3v) is 6.62. The van der Waals surface area contributed by atoms with Crippen LogP contribution in [0.5, 0.6) is 0 Å². The zero-order valence-corrected chi connectivity index (χ0v) is 29.8.